The Hall–Kier alpha value is -1.13. The lowest BCUT2D eigenvalue weighted by atomic mass is 10.00. The van der Waals surface area contributed by atoms with E-state index < -0.39 is 0 Å². The lowest BCUT2D eigenvalue weighted by Crippen LogP contribution is -2.31. The monoisotopic (exact) mass is 323 g/mol. The first-order valence-corrected chi connectivity index (χ1v) is 6.90. The molecule has 0 saturated heterocycles. The maximum absolute atomic E-state index is 5.89. The average molecular weight is 325 g/mol. The van der Waals surface area contributed by atoms with Gasteiger partial charge >= 0.3 is 0 Å². The Morgan fingerprint density at radius 3 is 3.00 bits per heavy atom. The van der Waals surface area contributed by atoms with Crippen LogP contribution in [0.2, 0.25) is 5.15 Å². The van der Waals surface area contributed by atoms with Crippen LogP contribution in [-0.4, -0.2) is 16.5 Å². The van der Waals surface area contributed by atoms with Gasteiger partial charge in [0.1, 0.15) is 11.0 Å². The molecule has 0 saturated carbocycles. The molecule has 1 aliphatic heterocycles. The standard InChI is InChI=1S/C13H11BrClN3/c14-11-3-1-2-9-4-5-18(8-10(9)11)13-7-16-6-12(15)17-13/h1-3,6-7H,4-5,8H2. The van der Waals surface area contributed by atoms with Gasteiger partial charge in [-0.25, -0.2) is 4.98 Å². The van der Waals surface area contributed by atoms with Gasteiger partial charge in [-0.2, -0.15) is 0 Å². The van der Waals surface area contributed by atoms with E-state index in [1.54, 1.807) is 12.4 Å². The van der Waals surface area contributed by atoms with E-state index in [0.717, 1.165) is 29.8 Å². The molecule has 5 heteroatoms. The molecule has 2 aromatic rings. The van der Waals surface area contributed by atoms with Gasteiger partial charge in [-0.05, 0) is 23.6 Å². The number of hydrogen-bond donors (Lipinski definition) is 0. The lowest BCUT2D eigenvalue weighted by molar-refractivity contribution is 0.716. The van der Waals surface area contributed by atoms with E-state index in [0.29, 0.717) is 5.15 Å². The van der Waals surface area contributed by atoms with Gasteiger partial charge in [-0.15, -0.1) is 0 Å². The molecule has 0 spiro atoms. The number of hydrogen-bond acceptors (Lipinski definition) is 3. The van der Waals surface area contributed by atoms with Crippen LogP contribution >= 0.6 is 27.5 Å². The van der Waals surface area contributed by atoms with Crippen LogP contribution in [0.5, 0.6) is 0 Å². The first kappa shape index (κ1) is 11.9. The fourth-order valence-electron chi connectivity index (χ4n) is 2.22. The third-order valence-electron chi connectivity index (χ3n) is 3.13. The van der Waals surface area contributed by atoms with Gasteiger partial charge in [-0.1, -0.05) is 39.7 Å². The first-order valence-electron chi connectivity index (χ1n) is 5.73. The summed E-state index contributed by atoms with van der Waals surface area (Å²) in [5.74, 6) is 0.837. The van der Waals surface area contributed by atoms with Crippen LogP contribution in [0.25, 0.3) is 0 Å². The summed E-state index contributed by atoms with van der Waals surface area (Å²) in [5, 5.41) is 0.436. The van der Waals surface area contributed by atoms with Crippen molar-refractivity contribution in [2.24, 2.45) is 0 Å². The van der Waals surface area contributed by atoms with Gasteiger partial charge in [0.25, 0.3) is 0 Å². The van der Waals surface area contributed by atoms with Crippen molar-refractivity contribution in [3.63, 3.8) is 0 Å². The van der Waals surface area contributed by atoms with Crippen LogP contribution in [0, 0.1) is 0 Å². The van der Waals surface area contributed by atoms with Crippen molar-refractivity contribution < 1.29 is 0 Å². The van der Waals surface area contributed by atoms with Crippen molar-refractivity contribution in [1.29, 1.82) is 0 Å². The van der Waals surface area contributed by atoms with Gasteiger partial charge < -0.3 is 4.90 Å². The largest absolute Gasteiger partial charge is 0.351 e. The highest BCUT2D eigenvalue weighted by atomic mass is 79.9. The molecule has 92 valence electrons. The van der Waals surface area contributed by atoms with Gasteiger partial charge in [0.15, 0.2) is 0 Å². The number of halogens is 2. The molecule has 18 heavy (non-hydrogen) atoms. The zero-order valence-electron chi connectivity index (χ0n) is 9.61. The number of nitrogens with zero attached hydrogens (tertiary/aromatic N) is 3. The summed E-state index contributed by atoms with van der Waals surface area (Å²) in [6, 6.07) is 6.34. The van der Waals surface area contributed by atoms with E-state index in [1.165, 1.54) is 11.1 Å². The second-order valence-corrected chi connectivity index (χ2v) is 5.49. The fraction of sp³-hybridized carbons (Fsp3) is 0.231. The normalized spacial score (nSPS) is 14.4. The molecular formula is C13H11BrClN3. The zero-order valence-corrected chi connectivity index (χ0v) is 11.9. The molecular weight excluding hydrogens is 314 g/mol. The number of fused-ring (bicyclic) bond motifs is 1. The quantitative estimate of drug-likeness (QED) is 0.804. The van der Waals surface area contributed by atoms with Crippen molar-refractivity contribution in [1.82, 2.24) is 9.97 Å². The Balaban J connectivity index is 1.93. The summed E-state index contributed by atoms with van der Waals surface area (Å²) in [5.41, 5.74) is 2.72. The highest BCUT2D eigenvalue weighted by molar-refractivity contribution is 9.10. The molecule has 3 nitrogen and oxygen atoms in total. The number of benzene rings is 1. The highest BCUT2D eigenvalue weighted by Crippen LogP contribution is 2.28. The fourth-order valence-corrected chi connectivity index (χ4v) is 2.90. The second-order valence-electron chi connectivity index (χ2n) is 4.25. The lowest BCUT2D eigenvalue weighted by Gasteiger charge is -2.30. The number of rotatable bonds is 1. The van der Waals surface area contributed by atoms with E-state index >= 15 is 0 Å². The van der Waals surface area contributed by atoms with Crippen LogP contribution in [0.1, 0.15) is 11.1 Å². The van der Waals surface area contributed by atoms with E-state index in [9.17, 15) is 0 Å². The van der Waals surface area contributed by atoms with E-state index in [4.69, 9.17) is 11.6 Å². The topological polar surface area (TPSA) is 29.0 Å². The molecule has 0 unspecified atom stereocenters. The average Bonchev–Trinajstić information content (AvgIpc) is 2.39. The highest BCUT2D eigenvalue weighted by Gasteiger charge is 2.19. The molecule has 3 rings (SSSR count). The van der Waals surface area contributed by atoms with Gasteiger partial charge in [-0.3, -0.25) is 4.98 Å². The third kappa shape index (κ3) is 2.22. The Morgan fingerprint density at radius 1 is 1.28 bits per heavy atom. The van der Waals surface area contributed by atoms with Crippen LogP contribution < -0.4 is 4.90 Å². The molecule has 1 aliphatic rings. The van der Waals surface area contributed by atoms with Crippen LogP contribution in [-0.2, 0) is 13.0 Å². The minimum Gasteiger partial charge on any atom is -0.351 e. The second kappa shape index (κ2) is 4.86. The molecule has 0 bridgehead atoms. The summed E-state index contributed by atoms with van der Waals surface area (Å²) in [4.78, 5) is 10.6. The Bertz CT molecular complexity index is 588. The maximum Gasteiger partial charge on any atom is 0.149 e. The molecule has 1 aromatic carbocycles. The van der Waals surface area contributed by atoms with Gasteiger partial charge in [0, 0.05) is 17.6 Å². The summed E-state index contributed by atoms with van der Waals surface area (Å²) in [6.07, 6.45) is 4.33. The van der Waals surface area contributed by atoms with Crippen molar-refractivity contribution >= 4 is 33.3 Å². The Kier molecular flexibility index (Phi) is 3.22. The van der Waals surface area contributed by atoms with Crippen LogP contribution in [0.4, 0.5) is 5.82 Å². The van der Waals surface area contributed by atoms with Crippen molar-refractivity contribution in [3.8, 4) is 0 Å². The van der Waals surface area contributed by atoms with Crippen molar-refractivity contribution in [2.45, 2.75) is 13.0 Å². The van der Waals surface area contributed by atoms with Crippen molar-refractivity contribution in [3.05, 3.63) is 51.3 Å². The minimum atomic E-state index is 0.436. The van der Waals surface area contributed by atoms with Crippen molar-refractivity contribution in [2.75, 3.05) is 11.4 Å². The molecule has 0 amide bonds. The molecule has 1 aromatic heterocycles. The molecule has 0 N–H and O–H groups in total. The third-order valence-corrected chi connectivity index (χ3v) is 4.06. The summed E-state index contributed by atoms with van der Waals surface area (Å²) in [6.45, 7) is 1.78. The maximum atomic E-state index is 5.89. The predicted molar refractivity (Wildman–Crippen MR) is 75.9 cm³/mol. The van der Waals surface area contributed by atoms with Crippen LogP contribution in [0.15, 0.2) is 35.1 Å². The smallest absolute Gasteiger partial charge is 0.149 e. The van der Waals surface area contributed by atoms with Gasteiger partial charge in [0.2, 0.25) is 0 Å². The molecule has 0 radical (unpaired) electrons. The molecule has 0 atom stereocenters. The van der Waals surface area contributed by atoms with Crippen LogP contribution in [0.3, 0.4) is 0 Å². The number of aromatic nitrogens is 2. The SMILES string of the molecule is Clc1cncc(N2CCc3cccc(Br)c3C2)n1. The molecule has 0 fully saturated rings. The van der Waals surface area contributed by atoms with E-state index in [2.05, 4.69) is 49.0 Å². The van der Waals surface area contributed by atoms with Gasteiger partial charge in [0.05, 0.1) is 12.4 Å². The molecule has 0 aliphatic carbocycles. The Morgan fingerprint density at radius 2 is 2.17 bits per heavy atom. The summed E-state index contributed by atoms with van der Waals surface area (Å²) in [7, 11) is 0. The number of anilines is 1. The predicted octanol–water partition coefficient (Wildman–Crippen LogP) is 3.46. The van der Waals surface area contributed by atoms with E-state index in [-0.39, 0.29) is 0 Å². The summed E-state index contributed by atoms with van der Waals surface area (Å²) >= 11 is 9.49. The minimum absolute atomic E-state index is 0.436. The Labute approximate surface area is 119 Å². The molecule has 2 heterocycles. The summed E-state index contributed by atoms with van der Waals surface area (Å²) < 4.78 is 1.15. The van der Waals surface area contributed by atoms with E-state index in [1.807, 2.05) is 0 Å². The zero-order chi connectivity index (χ0) is 12.5. The first-order chi connectivity index (χ1) is 8.74.